The number of nitrogens with one attached hydrogen (secondary N) is 1. The van der Waals surface area contributed by atoms with Gasteiger partial charge >= 0.3 is 6.18 Å². The Morgan fingerprint density at radius 2 is 2.03 bits per heavy atom. The molecule has 196 valence electrons. The summed E-state index contributed by atoms with van der Waals surface area (Å²) >= 11 is 1.37. The highest BCUT2D eigenvalue weighted by molar-refractivity contribution is 7.10. The molecule has 3 aromatic rings. The van der Waals surface area contributed by atoms with Crippen LogP contribution in [0.2, 0.25) is 0 Å². The Kier molecular flexibility index (Phi) is 6.70. The number of alkyl halides is 3. The standard InChI is InChI=1S/C23H21F5N6O2S/c1-12-7-19(23(26,27)28)31-33(12)10-20(35)34-9-13(5-6-29-34)22-30-17(11-37-22)16-8-18(36-32-16)21-14(24)3-2-4-15(21)25/h2-4,7,11,13,18,29H,5-6,8-10H2,1H3. The molecule has 1 fully saturated rings. The van der Waals surface area contributed by atoms with Crippen LogP contribution >= 0.6 is 11.3 Å². The van der Waals surface area contributed by atoms with E-state index in [9.17, 15) is 26.7 Å². The number of rotatable bonds is 5. The van der Waals surface area contributed by atoms with E-state index in [1.807, 2.05) is 0 Å². The fourth-order valence-corrected chi connectivity index (χ4v) is 5.23. The molecule has 37 heavy (non-hydrogen) atoms. The predicted molar refractivity (Wildman–Crippen MR) is 122 cm³/mol. The first-order chi connectivity index (χ1) is 17.6. The van der Waals surface area contributed by atoms with Crippen molar-refractivity contribution in [1.82, 2.24) is 25.2 Å². The summed E-state index contributed by atoms with van der Waals surface area (Å²) in [5.74, 6) is -1.96. The van der Waals surface area contributed by atoms with Gasteiger partial charge in [-0.1, -0.05) is 11.2 Å². The summed E-state index contributed by atoms with van der Waals surface area (Å²) in [7, 11) is 0. The van der Waals surface area contributed by atoms with Crippen LogP contribution in [0.15, 0.2) is 34.8 Å². The highest BCUT2D eigenvalue weighted by Gasteiger charge is 2.35. The number of oxime groups is 1. The third-order valence-corrected chi connectivity index (χ3v) is 7.22. The Hall–Kier alpha value is -3.39. The van der Waals surface area contributed by atoms with Gasteiger partial charge in [-0.2, -0.15) is 18.3 Å². The molecule has 8 nitrogen and oxygen atoms in total. The second-order valence-electron chi connectivity index (χ2n) is 8.77. The van der Waals surface area contributed by atoms with Crippen LogP contribution < -0.4 is 5.43 Å². The number of carbonyl (C=O) groups excluding carboxylic acids is 1. The number of hydrazine groups is 1. The number of hydrogen-bond donors (Lipinski definition) is 1. The third-order valence-electron chi connectivity index (χ3n) is 6.21. The molecule has 2 unspecified atom stereocenters. The van der Waals surface area contributed by atoms with Crippen LogP contribution in [0, 0.1) is 18.6 Å². The number of nitrogens with zero attached hydrogens (tertiary/aromatic N) is 5. The Labute approximate surface area is 211 Å². The minimum absolute atomic E-state index is 0.115. The molecule has 2 aliphatic heterocycles. The van der Waals surface area contributed by atoms with Crippen molar-refractivity contribution in [2.24, 2.45) is 5.16 Å². The molecule has 1 aromatic carbocycles. The van der Waals surface area contributed by atoms with E-state index in [2.05, 4.69) is 20.7 Å². The van der Waals surface area contributed by atoms with Crippen LogP contribution in [0.4, 0.5) is 22.0 Å². The number of hydrogen-bond acceptors (Lipinski definition) is 7. The molecule has 0 aliphatic carbocycles. The van der Waals surface area contributed by atoms with E-state index in [-0.39, 0.29) is 36.7 Å². The second-order valence-corrected chi connectivity index (χ2v) is 9.66. The number of halogens is 5. The summed E-state index contributed by atoms with van der Waals surface area (Å²) < 4.78 is 68.1. The summed E-state index contributed by atoms with van der Waals surface area (Å²) in [6, 6.07) is 4.50. The minimum Gasteiger partial charge on any atom is -0.387 e. The lowest BCUT2D eigenvalue weighted by atomic mass is 10.0. The van der Waals surface area contributed by atoms with E-state index in [1.165, 1.54) is 29.3 Å². The lowest BCUT2D eigenvalue weighted by molar-refractivity contribution is -0.142. The Morgan fingerprint density at radius 3 is 2.73 bits per heavy atom. The van der Waals surface area contributed by atoms with Crippen LogP contribution in [-0.4, -0.2) is 44.5 Å². The number of aryl methyl sites for hydroxylation is 1. The fraction of sp³-hybridized carbons (Fsp3) is 0.391. The summed E-state index contributed by atoms with van der Waals surface area (Å²) in [5.41, 5.74) is 2.97. The van der Waals surface area contributed by atoms with E-state index < -0.39 is 35.5 Å². The van der Waals surface area contributed by atoms with E-state index >= 15 is 0 Å². The highest BCUT2D eigenvalue weighted by Crippen LogP contribution is 2.34. The van der Waals surface area contributed by atoms with E-state index in [0.717, 1.165) is 27.9 Å². The summed E-state index contributed by atoms with van der Waals surface area (Å²) in [4.78, 5) is 22.7. The highest BCUT2D eigenvalue weighted by atomic mass is 32.1. The van der Waals surface area contributed by atoms with Gasteiger partial charge in [-0.25, -0.2) is 19.2 Å². The third kappa shape index (κ3) is 5.21. The van der Waals surface area contributed by atoms with Gasteiger partial charge in [0.15, 0.2) is 11.8 Å². The molecule has 14 heteroatoms. The van der Waals surface area contributed by atoms with Crippen molar-refractivity contribution in [3.63, 3.8) is 0 Å². The van der Waals surface area contributed by atoms with Crippen LogP contribution in [0.25, 0.3) is 0 Å². The second kappa shape index (κ2) is 9.82. The molecule has 2 atom stereocenters. The van der Waals surface area contributed by atoms with E-state index in [1.54, 1.807) is 5.38 Å². The smallest absolute Gasteiger partial charge is 0.387 e. The average Bonchev–Trinajstić information content (AvgIpc) is 3.59. The quantitative estimate of drug-likeness (QED) is 0.487. The largest absolute Gasteiger partial charge is 0.435 e. The van der Waals surface area contributed by atoms with Gasteiger partial charge in [-0.05, 0) is 31.5 Å². The van der Waals surface area contributed by atoms with Gasteiger partial charge in [-0.15, -0.1) is 11.3 Å². The number of carbonyl (C=O) groups is 1. The van der Waals surface area contributed by atoms with Crippen molar-refractivity contribution in [2.75, 3.05) is 13.1 Å². The molecule has 1 N–H and O–H groups in total. The molecular formula is C23H21F5N6O2S. The van der Waals surface area contributed by atoms with Crippen molar-refractivity contribution in [3.8, 4) is 0 Å². The molecule has 5 rings (SSSR count). The normalized spacial score (nSPS) is 20.2. The lowest BCUT2D eigenvalue weighted by Gasteiger charge is -2.32. The molecule has 0 saturated carbocycles. The molecule has 1 saturated heterocycles. The molecule has 1 amide bonds. The zero-order valence-electron chi connectivity index (χ0n) is 19.4. The van der Waals surface area contributed by atoms with Crippen molar-refractivity contribution in [2.45, 2.75) is 44.5 Å². The summed E-state index contributed by atoms with van der Waals surface area (Å²) in [5, 5.41) is 11.4. The molecule has 0 spiro atoms. The predicted octanol–water partition coefficient (Wildman–Crippen LogP) is 4.33. The van der Waals surface area contributed by atoms with E-state index in [0.29, 0.717) is 24.4 Å². The monoisotopic (exact) mass is 540 g/mol. The molecule has 4 heterocycles. The van der Waals surface area contributed by atoms with Gasteiger partial charge in [-0.3, -0.25) is 14.5 Å². The van der Waals surface area contributed by atoms with Crippen molar-refractivity contribution in [1.29, 1.82) is 0 Å². The summed E-state index contributed by atoms with van der Waals surface area (Å²) in [6.07, 6.45) is -4.64. The molecule has 0 bridgehead atoms. The molecule has 2 aromatic heterocycles. The Morgan fingerprint density at radius 1 is 1.27 bits per heavy atom. The SMILES string of the molecule is Cc1cc(C(F)(F)F)nn1CC(=O)N1CC(c2nc(C3=NOC(c4c(F)cccc4F)C3)cs2)CCN1. The number of benzene rings is 1. The maximum absolute atomic E-state index is 14.1. The molecule has 0 radical (unpaired) electrons. The van der Waals surface area contributed by atoms with Gasteiger partial charge in [0.05, 0.1) is 16.3 Å². The zero-order valence-corrected chi connectivity index (χ0v) is 20.2. The number of amides is 1. The Bertz CT molecular complexity index is 1330. The van der Waals surface area contributed by atoms with Crippen LogP contribution in [0.3, 0.4) is 0 Å². The maximum atomic E-state index is 14.1. The van der Waals surface area contributed by atoms with Gasteiger partial charge < -0.3 is 4.84 Å². The maximum Gasteiger partial charge on any atom is 0.435 e. The van der Waals surface area contributed by atoms with E-state index in [4.69, 9.17) is 4.84 Å². The van der Waals surface area contributed by atoms with Crippen molar-refractivity contribution < 1.29 is 31.6 Å². The first kappa shape index (κ1) is 25.3. The van der Waals surface area contributed by atoms with Gasteiger partial charge in [0.25, 0.3) is 5.91 Å². The zero-order chi connectivity index (χ0) is 26.3. The van der Waals surface area contributed by atoms with Gasteiger partial charge in [0, 0.05) is 36.5 Å². The molecular weight excluding hydrogens is 519 g/mol. The van der Waals surface area contributed by atoms with Crippen molar-refractivity contribution in [3.05, 3.63) is 68.9 Å². The first-order valence-electron chi connectivity index (χ1n) is 11.4. The van der Waals surface area contributed by atoms with Crippen LogP contribution in [-0.2, 0) is 22.4 Å². The fourth-order valence-electron chi connectivity index (χ4n) is 4.27. The number of aromatic nitrogens is 3. The topological polar surface area (TPSA) is 84.6 Å². The van der Waals surface area contributed by atoms with Gasteiger partial charge in [0.2, 0.25) is 0 Å². The van der Waals surface area contributed by atoms with Gasteiger partial charge in [0.1, 0.15) is 23.9 Å². The van der Waals surface area contributed by atoms with Crippen LogP contribution in [0.5, 0.6) is 0 Å². The minimum atomic E-state index is -4.59. The Balaban J connectivity index is 1.23. The lowest BCUT2D eigenvalue weighted by Crippen LogP contribution is -2.50. The summed E-state index contributed by atoms with van der Waals surface area (Å²) in [6.45, 7) is 1.85. The number of thiazole rings is 1. The average molecular weight is 541 g/mol. The van der Waals surface area contributed by atoms with Crippen molar-refractivity contribution >= 4 is 23.0 Å². The molecule has 2 aliphatic rings. The first-order valence-corrected chi connectivity index (χ1v) is 12.3. The van der Waals surface area contributed by atoms with Crippen LogP contribution in [0.1, 0.15) is 52.5 Å².